The van der Waals surface area contributed by atoms with Gasteiger partial charge in [0.05, 0.1) is 0 Å². The monoisotopic (exact) mass is 312 g/mol. The van der Waals surface area contributed by atoms with Crippen molar-refractivity contribution < 1.29 is 9.21 Å². The second-order valence-corrected chi connectivity index (χ2v) is 7.19. The van der Waals surface area contributed by atoms with E-state index in [9.17, 15) is 4.79 Å². The number of nitrogens with zero attached hydrogens (tertiary/aromatic N) is 1. The zero-order valence-corrected chi connectivity index (χ0v) is 14.1. The minimum absolute atomic E-state index is 0.0180. The maximum atomic E-state index is 13.0. The van der Waals surface area contributed by atoms with E-state index in [1.54, 1.807) is 0 Å². The van der Waals surface area contributed by atoms with Gasteiger partial charge in [0, 0.05) is 36.1 Å². The Morgan fingerprint density at radius 3 is 2.57 bits per heavy atom. The number of hydrogen-bond donors (Lipinski definition) is 1. The smallest absolute Gasteiger partial charge is 0.289 e. The van der Waals surface area contributed by atoms with Gasteiger partial charge < -0.3 is 14.6 Å². The van der Waals surface area contributed by atoms with Crippen molar-refractivity contribution in [1.29, 1.82) is 0 Å². The van der Waals surface area contributed by atoms with Crippen LogP contribution in [0.1, 0.15) is 47.4 Å². The molecule has 0 radical (unpaired) electrons. The van der Waals surface area contributed by atoms with Crippen LogP contribution in [0.3, 0.4) is 0 Å². The molecular weight excluding hydrogens is 288 g/mol. The van der Waals surface area contributed by atoms with Crippen molar-refractivity contribution in [3.05, 3.63) is 35.1 Å². The third-order valence-corrected chi connectivity index (χ3v) is 5.67. The van der Waals surface area contributed by atoms with Crippen LogP contribution in [0.2, 0.25) is 0 Å². The number of hydrogen-bond acceptors (Lipinski definition) is 3. The molecule has 0 aliphatic carbocycles. The Balaban J connectivity index is 1.64. The number of para-hydroxylation sites is 1. The molecule has 4 rings (SSSR count). The molecule has 2 bridgehead atoms. The zero-order valence-electron chi connectivity index (χ0n) is 14.1. The first kappa shape index (κ1) is 14.8. The third kappa shape index (κ3) is 2.36. The lowest BCUT2D eigenvalue weighted by molar-refractivity contribution is 0.0651. The van der Waals surface area contributed by atoms with Gasteiger partial charge in [0.15, 0.2) is 5.76 Å². The topological polar surface area (TPSA) is 45.5 Å². The molecule has 3 heterocycles. The van der Waals surface area contributed by atoms with Gasteiger partial charge in [-0.05, 0) is 45.1 Å². The van der Waals surface area contributed by atoms with Gasteiger partial charge in [-0.25, -0.2) is 0 Å². The highest BCUT2D eigenvalue weighted by molar-refractivity contribution is 5.99. The third-order valence-electron chi connectivity index (χ3n) is 5.67. The second-order valence-electron chi connectivity index (χ2n) is 7.19. The minimum atomic E-state index is 0.0180. The Hall–Kier alpha value is -1.81. The summed E-state index contributed by atoms with van der Waals surface area (Å²) in [5, 5.41) is 4.68. The number of benzene rings is 1. The number of piperidine rings is 1. The van der Waals surface area contributed by atoms with Crippen LogP contribution in [-0.4, -0.2) is 36.0 Å². The highest BCUT2D eigenvalue weighted by Gasteiger charge is 2.37. The summed E-state index contributed by atoms with van der Waals surface area (Å²) in [7, 11) is 1.93. The molecular formula is C19H24N2O2. The summed E-state index contributed by atoms with van der Waals surface area (Å²) in [6.07, 6.45) is 4.59. The van der Waals surface area contributed by atoms with Crippen molar-refractivity contribution in [3.8, 4) is 0 Å². The fourth-order valence-electron chi connectivity index (χ4n) is 4.26. The first-order valence-corrected chi connectivity index (χ1v) is 8.56. The molecule has 0 saturated carbocycles. The second kappa shape index (κ2) is 5.38. The number of furan rings is 1. The van der Waals surface area contributed by atoms with Crippen LogP contribution in [-0.2, 0) is 0 Å². The normalized spacial score (nSPS) is 26.7. The molecule has 1 amide bonds. The van der Waals surface area contributed by atoms with Crippen LogP contribution in [0.5, 0.6) is 0 Å². The van der Waals surface area contributed by atoms with E-state index in [-0.39, 0.29) is 5.91 Å². The quantitative estimate of drug-likeness (QED) is 0.924. The summed E-state index contributed by atoms with van der Waals surface area (Å²) in [4.78, 5) is 14.9. The van der Waals surface area contributed by atoms with Crippen molar-refractivity contribution in [3.63, 3.8) is 0 Å². The molecule has 2 aliphatic heterocycles. The Morgan fingerprint density at radius 2 is 1.91 bits per heavy atom. The van der Waals surface area contributed by atoms with E-state index in [0.29, 0.717) is 23.9 Å². The molecule has 2 aromatic rings. The maximum absolute atomic E-state index is 13.0. The summed E-state index contributed by atoms with van der Waals surface area (Å²) in [5.41, 5.74) is 2.87. The van der Waals surface area contributed by atoms with E-state index < -0.39 is 0 Å². The van der Waals surface area contributed by atoms with Crippen LogP contribution >= 0.6 is 0 Å². The summed E-state index contributed by atoms with van der Waals surface area (Å²) >= 11 is 0. The van der Waals surface area contributed by atoms with Gasteiger partial charge in [-0.15, -0.1) is 0 Å². The standard InChI is InChI=1S/C19H24N2O2/c1-11-5-4-6-16-12(2)18(23-17(11)16)19(22)21(3)15-9-13-7-8-14(10-15)20-13/h4-6,13-15,20H,7-10H2,1-3H3. The number of fused-ring (bicyclic) bond motifs is 3. The van der Waals surface area contributed by atoms with Crippen molar-refractivity contribution in [2.75, 3.05) is 7.05 Å². The predicted molar refractivity (Wildman–Crippen MR) is 90.7 cm³/mol. The molecule has 122 valence electrons. The van der Waals surface area contributed by atoms with Crippen molar-refractivity contribution in [1.82, 2.24) is 10.2 Å². The highest BCUT2D eigenvalue weighted by atomic mass is 16.3. The van der Waals surface area contributed by atoms with Crippen LogP contribution in [0, 0.1) is 13.8 Å². The average Bonchev–Trinajstić information content (AvgIpc) is 3.07. The Morgan fingerprint density at radius 1 is 1.22 bits per heavy atom. The lowest BCUT2D eigenvalue weighted by Crippen LogP contribution is -2.48. The van der Waals surface area contributed by atoms with E-state index in [1.165, 1.54) is 12.8 Å². The van der Waals surface area contributed by atoms with Gasteiger partial charge in [0.1, 0.15) is 5.58 Å². The first-order chi connectivity index (χ1) is 11.0. The number of carbonyl (C=O) groups is 1. The minimum Gasteiger partial charge on any atom is -0.450 e. The molecule has 2 unspecified atom stereocenters. The molecule has 1 N–H and O–H groups in total. The molecule has 4 nitrogen and oxygen atoms in total. The number of aryl methyl sites for hydroxylation is 2. The molecule has 1 aromatic heterocycles. The van der Waals surface area contributed by atoms with Crippen LogP contribution < -0.4 is 5.32 Å². The largest absolute Gasteiger partial charge is 0.450 e. The number of carbonyl (C=O) groups excluding carboxylic acids is 1. The van der Waals surface area contributed by atoms with Crippen molar-refractivity contribution in [2.45, 2.75) is 57.7 Å². The lowest BCUT2D eigenvalue weighted by atomic mass is 9.98. The van der Waals surface area contributed by atoms with Crippen LogP contribution in [0.15, 0.2) is 22.6 Å². The molecule has 4 heteroatoms. The molecule has 0 spiro atoms. The van der Waals surface area contributed by atoms with E-state index in [1.807, 2.05) is 44.0 Å². The van der Waals surface area contributed by atoms with E-state index >= 15 is 0 Å². The lowest BCUT2D eigenvalue weighted by Gasteiger charge is -2.35. The molecule has 2 fully saturated rings. The summed E-state index contributed by atoms with van der Waals surface area (Å²) in [6.45, 7) is 4.01. The van der Waals surface area contributed by atoms with E-state index in [0.717, 1.165) is 34.9 Å². The van der Waals surface area contributed by atoms with Crippen LogP contribution in [0.4, 0.5) is 0 Å². The molecule has 2 atom stereocenters. The Bertz CT molecular complexity index is 752. The van der Waals surface area contributed by atoms with Gasteiger partial charge >= 0.3 is 0 Å². The van der Waals surface area contributed by atoms with Crippen LogP contribution in [0.25, 0.3) is 11.0 Å². The van der Waals surface area contributed by atoms with Crippen molar-refractivity contribution in [2.24, 2.45) is 0 Å². The maximum Gasteiger partial charge on any atom is 0.289 e. The van der Waals surface area contributed by atoms with E-state index in [2.05, 4.69) is 5.32 Å². The van der Waals surface area contributed by atoms with Gasteiger partial charge in [-0.3, -0.25) is 4.79 Å². The average molecular weight is 312 g/mol. The van der Waals surface area contributed by atoms with Crippen molar-refractivity contribution >= 4 is 16.9 Å². The van der Waals surface area contributed by atoms with Gasteiger partial charge in [-0.2, -0.15) is 0 Å². The van der Waals surface area contributed by atoms with Gasteiger partial charge in [-0.1, -0.05) is 18.2 Å². The Labute approximate surface area is 136 Å². The Kier molecular flexibility index (Phi) is 3.45. The number of rotatable bonds is 2. The predicted octanol–water partition coefficient (Wildman–Crippen LogP) is 3.40. The zero-order chi connectivity index (χ0) is 16.1. The summed E-state index contributed by atoms with van der Waals surface area (Å²) < 4.78 is 5.97. The SMILES string of the molecule is Cc1c(C(=O)N(C)C2CC3CCC(C2)N3)oc2c(C)cccc12. The first-order valence-electron chi connectivity index (χ1n) is 8.56. The summed E-state index contributed by atoms with van der Waals surface area (Å²) in [6, 6.07) is 7.54. The summed E-state index contributed by atoms with van der Waals surface area (Å²) in [5.74, 6) is 0.520. The fourth-order valence-corrected chi connectivity index (χ4v) is 4.26. The number of amides is 1. The van der Waals surface area contributed by atoms with Gasteiger partial charge in [0.25, 0.3) is 5.91 Å². The molecule has 2 saturated heterocycles. The molecule has 23 heavy (non-hydrogen) atoms. The number of nitrogens with one attached hydrogen (secondary N) is 1. The molecule has 1 aromatic carbocycles. The highest BCUT2D eigenvalue weighted by Crippen LogP contribution is 2.32. The molecule has 2 aliphatic rings. The van der Waals surface area contributed by atoms with E-state index in [4.69, 9.17) is 4.42 Å². The van der Waals surface area contributed by atoms with Gasteiger partial charge in [0.2, 0.25) is 0 Å². The fraction of sp³-hybridized carbons (Fsp3) is 0.526.